The van der Waals surface area contributed by atoms with Gasteiger partial charge in [-0.15, -0.1) is 0 Å². The van der Waals surface area contributed by atoms with Gasteiger partial charge in [0.05, 0.1) is 0 Å². The van der Waals surface area contributed by atoms with Crippen molar-refractivity contribution in [2.45, 2.75) is 46.5 Å². The monoisotopic (exact) mass is 224 g/mol. The summed E-state index contributed by atoms with van der Waals surface area (Å²) >= 11 is 6.23. The Kier molecular flexibility index (Phi) is 5.17. The first-order valence-electron chi connectivity index (χ1n) is 5.92. The fourth-order valence-electron chi connectivity index (χ4n) is 1.99. The van der Waals surface area contributed by atoms with Crippen molar-refractivity contribution in [3.8, 4) is 0 Å². The van der Waals surface area contributed by atoms with Gasteiger partial charge >= 0.3 is 0 Å². The largest absolute Gasteiger partial charge is 0.0840 e. The van der Waals surface area contributed by atoms with E-state index >= 15 is 0 Å². The number of rotatable bonds is 5. The zero-order chi connectivity index (χ0) is 11.3. The van der Waals surface area contributed by atoms with E-state index in [4.69, 9.17) is 11.6 Å². The van der Waals surface area contributed by atoms with Crippen molar-refractivity contribution in [3.63, 3.8) is 0 Å². The maximum Gasteiger partial charge on any atom is 0.0440 e. The van der Waals surface area contributed by atoms with Gasteiger partial charge in [-0.25, -0.2) is 0 Å². The third-order valence-electron chi connectivity index (χ3n) is 2.99. The minimum atomic E-state index is 0.787. The van der Waals surface area contributed by atoms with E-state index in [0.717, 1.165) is 17.4 Å². The molecule has 1 aromatic carbocycles. The maximum atomic E-state index is 6.23. The lowest BCUT2D eigenvalue weighted by Crippen LogP contribution is -2.03. The molecule has 0 saturated heterocycles. The van der Waals surface area contributed by atoms with Gasteiger partial charge in [0.1, 0.15) is 0 Å². The second-order valence-corrected chi connectivity index (χ2v) is 4.77. The van der Waals surface area contributed by atoms with E-state index in [1.165, 1.54) is 30.4 Å². The Hall–Kier alpha value is -0.490. The molecule has 0 amide bonds. The average Bonchev–Trinajstić information content (AvgIpc) is 2.21. The van der Waals surface area contributed by atoms with Crippen LogP contribution in [0.4, 0.5) is 0 Å². The van der Waals surface area contributed by atoms with Crippen LogP contribution in [0.2, 0.25) is 5.02 Å². The van der Waals surface area contributed by atoms with Crippen molar-refractivity contribution >= 4 is 11.6 Å². The van der Waals surface area contributed by atoms with Crippen molar-refractivity contribution in [2.24, 2.45) is 5.92 Å². The predicted molar refractivity (Wildman–Crippen MR) is 68.6 cm³/mol. The lowest BCUT2D eigenvalue weighted by molar-refractivity contribution is 0.462. The predicted octanol–water partition coefficient (Wildman–Crippen LogP) is 5.02. The summed E-state index contributed by atoms with van der Waals surface area (Å²) in [7, 11) is 0. The van der Waals surface area contributed by atoms with Gasteiger partial charge in [-0.1, -0.05) is 56.8 Å². The van der Waals surface area contributed by atoms with Crippen molar-refractivity contribution < 1.29 is 0 Å². The average molecular weight is 225 g/mol. The molecule has 0 N–H and O–H groups in total. The molecule has 0 saturated carbocycles. The Bertz CT molecular complexity index is 304. The molecule has 0 nitrogen and oxygen atoms in total. The van der Waals surface area contributed by atoms with Gasteiger partial charge in [-0.2, -0.15) is 0 Å². The van der Waals surface area contributed by atoms with Crippen LogP contribution in [-0.2, 0) is 6.42 Å². The standard InChI is InChI=1S/C14H21Cl/c1-4-6-12(5-2)10-13-8-7-11(3)9-14(13)15/h7-9,12H,4-6,10H2,1-3H3. The Morgan fingerprint density at radius 3 is 2.53 bits per heavy atom. The van der Waals surface area contributed by atoms with Gasteiger partial charge in [-0.05, 0) is 36.5 Å². The summed E-state index contributed by atoms with van der Waals surface area (Å²) in [6.07, 6.45) is 4.95. The van der Waals surface area contributed by atoms with Crippen LogP contribution in [0.25, 0.3) is 0 Å². The molecule has 84 valence electrons. The molecule has 0 aliphatic rings. The molecule has 0 aliphatic carbocycles. The molecule has 1 aromatic rings. The molecule has 0 aliphatic heterocycles. The summed E-state index contributed by atoms with van der Waals surface area (Å²) in [6.45, 7) is 6.60. The van der Waals surface area contributed by atoms with Crippen LogP contribution in [0.1, 0.15) is 44.2 Å². The molecule has 0 aromatic heterocycles. The number of hydrogen-bond donors (Lipinski definition) is 0. The van der Waals surface area contributed by atoms with Gasteiger partial charge < -0.3 is 0 Å². The molecule has 0 fully saturated rings. The minimum Gasteiger partial charge on any atom is -0.0840 e. The first-order valence-corrected chi connectivity index (χ1v) is 6.30. The molecular formula is C14H21Cl. The quantitative estimate of drug-likeness (QED) is 0.659. The number of benzene rings is 1. The van der Waals surface area contributed by atoms with Crippen LogP contribution in [0.15, 0.2) is 18.2 Å². The van der Waals surface area contributed by atoms with E-state index in [1.807, 2.05) is 0 Å². The summed E-state index contributed by atoms with van der Waals surface area (Å²) in [5.41, 5.74) is 2.55. The SMILES string of the molecule is CCCC(CC)Cc1ccc(C)cc1Cl. The third kappa shape index (κ3) is 3.87. The highest BCUT2D eigenvalue weighted by Gasteiger charge is 2.08. The summed E-state index contributed by atoms with van der Waals surface area (Å²) < 4.78 is 0. The smallest absolute Gasteiger partial charge is 0.0440 e. The lowest BCUT2D eigenvalue weighted by atomic mass is 9.92. The van der Waals surface area contributed by atoms with Crippen LogP contribution in [0, 0.1) is 12.8 Å². The van der Waals surface area contributed by atoms with Crippen LogP contribution < -0.4 is 0 Å². The van der Waals surface area contributed by atoms with Crippen molar-refractivity contribution in [2.75, 3.05) is 0 Å². The molecule has 0 radical (unpaired) electrons. The van der Waals surface area contributed by atoms with Gasteiger partial charge in [0, 0.05) is 5.02 Å². The normalized spacial score (nSPS) is 12.8. The fraction of sp³-hybridized carbons (Fsp3) is 0.571. The molecule has 0 heterocycles. The van der Waals surface area contributed by atoms with Gasteiger partial charge in [0.25, 0.3) is 0 Å². The second-order valence-electron chi connectivity index (χ2n) is 4.36. The second kappa shape index (κ2) is 6.17. The maximum absolute atomic E-state index is 6.23. The summed E-state index contributed by atoms with van der Waals surface area (Å²) in [5, 5.41) is 0.935. The lowest BCUT2D eigenvalue weighted by Gasteiger charge is -2.14. The molecule has 1 atom stereocenters. The van der Waals surface area contributed by atoms with Crippen molar-refractivity contribution in [1.82, 2.24) is 0 Å². The highest BCUT2D eigenvalue weighted by atomic mass is 35.5. The fourth-order valence-corrected chi connectivity index (χ4v) is 2.30. The summed E-state index contributed by atoms with van der Waals surface area (Å²) in [4.78, 5) is 0. The summed E-state index contributed by atoms with van der Waals surface area (Å²) in [5.74, 6) is 0.787. The Balaban J connectivity index is 2.70. The first-order chi connectivity index (χ1) is 7.17. The van der Waals surface area contributed by atoms with E-state index in [-0.39, 0.29) is 0 Å². The van der Waals surface area contributed by atoms with E-state index in [2.05, 4.69) is 39.0 Å². The van der Waals surface area contributed by atoms with Crippen LogP contribution in [-0.4, -0.2) is 0 Å². The van der Waals surface area contributed by atoms with Gasteiger partial charge in [0.2, 0.25) is 0 Å². The Labute approximate surface area is 98.7 Å². The van der Waals surface area contributed by atoms with E-state index in [9.17, 15) is 0 Å². The minimum absolute atomic E-state index is 0.787. The van der Waals surface area contributed by atoms with Crippen molar-refractivity contribution in [1.29, 1.82) is 0 Å². The molecule has 0 spiro atoms. The number of aryl methyl sites for hydroxylation is 1. The Morgan fingerprint density at radius 1 is 1.27 bits per heavy atom. The van der Waals surface area contributed by atoms with Gasteiger partial charge in [-0.3, -0.25) is 0 Å². The van der Waals surface area contributed by atoms with E-state index in [0.29, 0.717) is 0 Å². The zero-order valence-corrected chi connectivity index (χ0v) is 10.8. The van der Waals surface area contributed by atoms with E-state index < -0.39 is 0 Å². The molecule has 15 heavy (non-hydrogen) atoms. The number of hydrogen-bond acceptors (Lipinski definition) is 0. The molecule has 1 rings (SSSR count). The topological polar surface area (TPSA) is 0 Å². The molecule has 1 heteroatoms. The van der Waals surface area contributed by atoms with Gasteiger partial charge in [0.15, 0.2) is 0 Å². The number of halogens is 1. The summed E-state index contributed by atoms with van der Waals surface area (Å²) in [6, 6.07) is 6.39. The molecule has 0 bridgehead atoms. The Morgan fingerprint density at radius 2 is 2.00 bits per heavy atom. The highest BCUT2D eigenvalue weighted by Crippen LogP contribution is 2.24. The molecule has 1 unspecified atom stereocenters. The highest BCUT2D eigenvalue weighted by molar-refractivity contribution is 6.31. The van der Waals surface area contributed by atoms with Crippen LogP contribution >= 0.6 is 11.6 Å². The van der Waals surface area contributed by atoms with Crippen molar-refractivity contribution in [3.05, 3.63) is 34.3 Å². The first kappa shape index (κ1) is 12.6. The zero-order valence-electron chi connectivity index (χ0n) is 10.0. The molecular weight excluding hydrogens is 204 g/mol. The van der Waals surface area contributed by atoms with E-state index in [1.54, 1.807) is 0 Å². The third-order valence-corrected chi connectivity index (χ3v) is 3.34. The van der Waals surface area contributed by atoms with Crippen LogP contribution in [0.3, 0.4) is 0 Å². The van der Waals surface area contributed by atoms with Crippen LogP contribution in [0.5, 0.6) is 0 Å².